The number of alkyl halides is 3. The number of anilines is 1. The van der Waals surface area contributed by atoms with E-state index in [-0.39, 0.29) is 5.95 Å². The first-order valence-corrected chi connectivity index (χ1v) is 5.48. The molecule has 7 heteroatoms. The van der Waals surface area contributed by atoms with Gasteiger partial charge in [-0.15, -0.1) is 0 Å². The molecular weight excluding hydrogens is 259 g/mol. The van der Waals surface area contributed by atoms with Gasteiger partial charge in [-0.1, -0.05) is 30.3 Å². The highest BCUT2D eigenvalue weighted by Gasteiger charge is 2.33. The van der Waals surface area contributed by atoms with Gasteiger partial charge in [0.2, 0.25) is 5.95 Å². The molecular formula is C12H12F3N3O. The highest BCUT2D eigenvalue weighted by atomic mass is 19.4. The molecule has 0 saturated carbocycles. The van der Waals surface area contributed by atoms with E-state index in [1.165, 1.54) is 12.2 Å². The van der Waals surface area contributed by atoms with E-state index in [0.29, 0.717) is 6.54 Å². The van der Waals surface area contributed by atoms with Crippen LogP contribution in [0.5, 0.6) is 0 Å². The zero-order valence-corrected chi connectivity index (χ0v) is 10.1. The standard InChI is InChI=1S/C12H12F3N3O/c1-19-18(8-9-5-3-2-4-6-9)11-16-7-10(17-11)12(13,14)15/h2-7H,8H2,1H3,(H,16,17). The van der Waals surface area contributed by atoms with E-state index in [1.807, 2.05) is 30.3 Å². The van der Waals surface area contributed by atoms with Crippen LogP contribution in [0.15, 0.2) is 36.5 Å². The molecule has 0 saturated heterocycles. The average Bonchev–Trinajstić information content (AvgIpc) is 2.86. The largest absolute Gasteiger partial charge is 0.432 e. The van der Waals surface area contributed by atoms with E-state index in [0.717, 1.165) is 11.8 Å². The van der Waals surface area contributed by atoms with Crippen LogP contribution in [0.4, 0.5) is 19.1 Å². The van der Waals surface area contributed by atoms with Gasteiger partial charge in [0, 0.05) is 0 Å². The number of hydrogen-bond acceptors (Lipinski definition) is 3. The Morgan fingerprint density at radius 2 is 1.95 bits per heavy atom. The summed E-state index contributed by atoms with van der Waals surface area (Å²) in [5, 5.41) is 1.25. The van der Waals surface area contributed by atoms with Gasteiger partial charge in [-0.05, 0) is 5.56 Å². The van der Waals surface area contributed by atoms with Crippen LogP contribution in [0.25, 0.3) is 0 Å². The molecule has 0 aliphatic heterocycles. The lowest BCUT2D eigenvalue weighted by atomic mass is 10.2. The predicted molar refractivity (Wildman–Crippen MR) is 63.2 cm³/mol. The van der Waals surface area contributed by atoms with Crippen LogP contribution in [0.1, 0.15) is 11.3 Å². The van der Waals surface area contributed by atoms with Crippen LogP contribution in [-0.4, -0.2) is 17.1 Å². The van der Waals surface area contributed by atoms with Crippen LogP contribution >= 0.6 is 0 Å². The third-order valence-corrected chi connectivity index (χ3v) is 2.49. The molecule has 19 heavy (non-hydrogen) atoms. The van der Waals surface area contributed by atoms with Gasteiger partial charge < -0.3 is 4.98 Å². The molecule has 0 aliphatic carbocycles. The fourth-order valence-electron chi connectivity index (χ4n) is 1.56. The van der Waals surface area contributed by atoms with Gasteiger partial charge in [0.1, 0.15) is 5.69 Å². The smallest absolute Gasteiger partial charge is 0.319 e. The van der Waals surface area contributed by atoms with Crippen LogP contribution in [0.2, 0.25) is 0 Å². The number of aromatic nitrogens is 2. The molecule has 0 radical (unpaired) electrons. The molecule has 1 aromatic carbocycles. The minimum absolute atomic E-state index is 0.0127. The van der Waals surface area contributed by atoms with Crippen LogP contribution in [0.3, 0.4) is 0 Å². The zero-order valence-electron chi connectivity index (χ0n) is 10.1. The monoisotopic (exact) mass is 271 g/mol. The number of nitrogens with zero attached hydrogens (tertiary/aromatic N) is 2. The molecule has 0 atom stereocenters. The molecule has 1 N–H and O–H groups in total. The van der Waals surface area contributed by atoms with E-state index in [4.69, 9.17) is 4.84 Å². The van der Waals surface area contributed by atoms with Crippen LogP contribution in [-0.2, 0) is 17.6 Å². The summed E-state index contributed by atoms with van der Waals surface area (Å²) >= 11 is 0. The fourth-order valence-corrected chi connectivity index (χ4v) is 1.56. The number of imidazole rings is 1. The summed E-state index contributed by atoms with van der Waals surface area (Å²) < 4.78 is 37.4. The first kappa shape index (κ1) is 13.4. The highest BCUT2D eigenvalue weighted by Crippen LogP contribution is 2.29. The number of rotatable bonds is 4. The van der Waals surface area contributed by atoms with E-state index >= 15 is 0 Å². The maximum atomic E-state index is 12.5. The third-order valence-electron chi connectivity index (χ3n) is 2.49. The number of H-pyrrole nitrogens is 1. The van der Waals surface area contributed by atoms with Gasteiger partial charge in [0.25, 0.3) is 0 Å². The van der Waals surface area contributed by atoms with E-state index < -0.39 is 11.9 Å². The van der Waals surface area contributed by atoms with E-state index in [2.05, 4.69) is 9.97 Å². The van der Waals surface area contributed by atoms with Crippen molar-refractivity contribution in [2.24, 2.45) is 0 Å². The molecule has 0 amide bonds. The number of nitrogens with one attached hydrogen (secondary N) is 1. The molecule has 0 spiro atoms. The summed E-state index contributed by atoms with van der Waals surface area (Å²) in [7, 11) is 1.37. The summed E-state index contributed by atoms with van der Waals surface area (Å²) in [6.45, 7) is 0.294. The summed E-state index contributed by atoms with van der Waals surface area (Å²) in [6.07, 6.45) is -3.70. The van der Waals surface area contributed by atoms with Crippen LogP contribution in [0, 0.1) is 0 Å². The summed E-state index contributed by atoms with van der Waals surface area (Å²) in [6, 6.07) is 9.23. The van der Waals surface area contributed by atoms with Crippen LogP contribution < -0.4 is 5.06 Å². The Morgan fingerprint density at radius 3 is 2.47 bits per heavy atom. The lowest BCUT2D eigenvalue weighted by Gasteiger charge is -2.18. The van der Waals surface area contributed by atoms with Gasteiger partial charge >= 0.3 is 6.18 Å². The maximum Gasteiger partial charge on any atom is 0.432 e. The molecule has 1 aromatic heterocycles. The molecule has 0 bridgehead atoms. The molecule has 102 valence electrons. The molecule has 0 aliphatic rings. The lowest BCUT2D eigenvalue weighted by molar-refractivity contribution is -0.140. The van der Waals surface area contributed by atoms with Crippen molar-refractivity contribution in [2.75, 3.05) is 12.2 Å². The van der Waals surface area contributed by atoms with Gasteiger partial charge in [-0.2, -0.15) is 13.2 Å². The first-order chi connectivity index (χ1) is 9.00. The van der Waals surface area contributed by atoms with E-state index in [1.54, 1.807) is 0 Å². The highest BCUT2D eigenvalue weighted by molar-refractivity contribution is 5.30. The van der Waals surface area contributed by atoms with Crippen molar-refractivity contribution in [1.82, 2.24) is 9.97 Å². The van der Waals surface area contributed by atoms with Gasteiger partial charge in [-0.3, -0.25) is 4.84 Å². The number of benzene rings is 1. The van der Waals surface area contributed by atoms with Crippen molar-refractivity contribution >= 4 is 5.95 Å². The Bertz CT molecular complexity index is 525. The van der Waals surface area contributed by atoms with Crippen molar-refractivity contribution in [2.45, 2.75) is 12.7 Å². The molecule has 2 aromatic rings. The van der Waals surface area contributed by atoms with Crippen molar-refractivity contribution in [3.63, 3.8) is 0 Å². The Balaban J connectivity index is 2.16. The van der Waals surface area contributed by atoms with Crippen molar-refractivity contribution in [3.8, 4) is 0 Å². The SMILES string of the molecule is CON(Cc1ccccc1)c1ncc(C(F)(F)F)[nH]1. The normalized spacial score (nSPS) is 11.6. The Labute approximate surface area is 107 Å². The van der Waals surface area contributed by atoms with Crippen molar-refractivity contribution < 1.29 is 18.0 Å². The fraction of sp³-hybridized carbons (Fsp3) is 0.250. The van der Waals surface area contributed by atoms with E-state index in [9.17, 15) is 13.2 Å². The Kier molecular flexibility index (Phi) is 3.75. The Hall–Kier alpha value is -2.02. The number of hydrogen-bond donors (Lipinski definition) is 1. The molecule has 0 fully saturated rings. The second kappa shape index (κ2) is 5.31. The van der Waals surface area contributed by atoms with Gasteiger partial charge in [0.15, 0.2) is 0 Å². The minimum Gasteiger partial charge on any atom is -0.319 e. The van der Waals surface area contributed by atoms with Gasteiger partial charge in [-0.25, -0.2) is 10.0 Å². The van der Waals surface area contributed by atoms with Crippen molar-refractivity contribution in [1.29, 1.82) is 0 Å². The summed E-state index contributed by atoms with van der Waals surface area (Å²) in [4.78, 5) is 10.9. The number of hydroxylamine groups is 1. The Morgan fingerprint density at radius 1 is 1.26 bits per heavy atom. The van der Waals surface area contributed by atoms with Crippen molar-refractivity contribution in [3.05, 3.63) is 47.8 Å². The summed E-state index contributed by atoms with van der Waals surface area (Å²) in [5.41, 5.74) is -0.00748. The number of aromatic amines is 1. The molecule has 2 rings (SSSR count). The predicted octanol–water partition coefficient (Wildman–Crippen LogP) is 3.00. The maximum absolute atomic E-state index is 12.5. The zero-order chi connectivity index (χ0) is 13.9. The quantitative estimate of drug-likeness (QED) is 0.869. The lowest BCUT2D eigenvalue weighted by Crippen LogP contribution is -2.22. The second-order valence-electron chi connectivity index (χ2n) is 3.82. The second-order valence-corrected chi connectivity index (χ2v) is 3.82. The molecule has 1 heterocycles. The molecule has 4 nitrogen and oxygen atoms in total. The summed E-state index contributed by atoms with van der Waals surface area (Å²) in [5.74, 6) is 0.0127. The minimum atomic E-state index is -4.45. The topological polar surface area (TPSA) is 41.1 Å². The number of halogens is 3. The van der Waals surface area contributed by atoms with Gasteiger partial charge in [0.05, 0.1) is 19.9 Å². The average molecular weight is 271 g/mol. The third kappa shape index (κ3) is 3.25. The molecule has 0 unspecified atom stereocenters. The first-order valence-electron chi connectivity index (χ1n) is 5.48.